The highest BCUT2D eigenvalue weighted by Gasteiger charge is 2.46. The van der Waals surface area contributed by atoms with Crippen molar-refractivity contribution in [1.29, 1.82) is 0 Å². The molecule has 0 spiro atoms. The number of hydrogen-bond acceptors (Lipinski definition) is 6. The van der Waals surface area contributed by atoms with Crippen molar-refractivity contribution < 1.29 is 23.2 Å². The van der Waals surface area contributed by atoms with Crippen LogP contribution in [0.2, 0.25) is 0 Å². The van der Waals surface area contributed by atoms with Crippen LogP contribution in [0.1, 0.15) is 36.5 Å². The summed E-state index contributed by atoms with van der Waals surface area (Å²) in [6.07, 6.45) is 3.45. The Bertz CT molecular complexity index is 1210. The molecule has 3 aromatic rings. The van der Waals surface area contributed by atoms with Gasteiger partial charge in [-0.15, -0.1) is 0 Å². The van der Waals surface area contributed by atoms with Crippen molar-refractivity contribution in [3.63, 3.8) is 0 Å². The smallest absolute Gasteiger partial charge is 0.332 e. The van der Waals surface area contributed by atoms with Crippen LogP contribution in [0.5, 0.6) is 0 Å². The molecule has 1 saturated heterocycles. The number of anilines is 1. The van der Waals surface area contributed by atoms with Crippen LogP contribution in [0.25, 0.3) is 0 Å². The molecule has 4 amide bonds. The summed E-state index contributed by atoms with van der Waals surface area (Å²) < 4.78 is 11.0. The number of hydrogen-bond donors (Lipinski definition) is 0. The highest BCUT2D eigenvalue weighted by Crippen LogP contribution is 2.34. The Kier molecular flexibility index (Phi) is 5.08. The van der Waals surface area contributed by atoms with Crippen molar-refractivity contribution >= 4 is 29.2 Å². The minimum absolute atomic E-state index is 0.389. The second kappa shape index (κ2) is 8.09. The molecule has 168 valence electrons. The van der Waals surface area contributed by atoms with Gasteiger partial charge in [-0.3, -0.25) is 19.4 Å². The Labute approximate surface area is 189 Å². The Morgan fingerprint density at radius 3 is 2.45 bits per heavy atom. The van der Waals surface area contributed by atoms with Crippen molar-refractivity contribution in [2.45, 2.75) is 32.4 Å². The van der Waals surface area contributed by atoms with E-state index in [0.29, 0.717) is 29.3 Å². The lowest BCUT2D eigenvalue weighted by Gasteiger charge is -2.22. The number of amides is 4. The maximum atomic E-state index is 13.3. The second-order valence-electron chi connectivity index (χ2n) is 8.09. The zero-order chi connectivity index (χ0) is 23.1. The van der Waals surface area contributed by atoms with Crippen LogP contribution in [0.4, 0.5) is 10.5 Å². The predicted octanol–water partition coefficient (Wildman–Crippen LogP) is 3.72. The van der Waals surface area contributed by atoms with Crippen molar-refractivity contribution in [2.24, 2.45) is 5.10 Å². The van der Waals surface area contributed by atoms with E-state index in [2.05, 4.69) is 5.10 Å². The first-order valence-electron chi connectivity index (χ1n) is 10.6. The summed E-state index contributed by atoms with van der Waals surface area (Å²) in [6.45, 7) is 3.17. The molecule has 5 rings (SSSR count). The first-order chi connectivity index (χ1) is 15.9. The van der Waals surface area contributed by atoms with E-state index in [0.717, 1.165) is 10.5 Å². The van der Waals surface area contributed by atoms with Gasteiger partial charge in [0.05, 0.1) is 12.5 Å². The second-order valence-corrected chi connectivity index (χ2v) is 8.09. The van der Waals surface area contributed by atoms with E-state index in [9.17, 15) is 14.4 Å². The van der Waals surface area contributed by atoms with E-state index >= 15 is 0 Å². The van der Waals surface area contributed by atoms with Crippen LogP contribution < -0.4 is 4.90 Å². The molecule has 9 heteroatoms. The molecule has 0 aliphatic carbocycles. The molecule has 0 bridgehead atoms. The molecule has 1 aromatic carbocycles. The van der Waals surface area contributed by atoms with Gasteiger partial charge < -0.3 is 8.83 Å². The Morgan fingerprint density at radius 1 is 1.06 bits per heavy atom. The fraction of sp³-hybridized carbons (Fsp3) is 0.250. The molecule has 0 saturated carbocycles. The maximum absolute atomic E-state index is 13.3. The van der Waals surface area contributed by atoms with Crippen molar-refractivity contribution in [3.05, 3.63) is 78.1 Å². The number of urea groups is 1. The summed E-state index contributed by atoms with van der Waals surface area (Å²) in [4.78, 5) is 41.7. The molecule has 2 aliphatic heterocycles. The van der Waals surface area contributed by atoms with Gasteiger partial charge in [-0.2, -0.15) is 5.10 Å². The van der Waals surface area contributed by atoms with Crippen LogP contribution in [0.15, 0.2) is 75.0 Å². The van der Waals surface area contributed by atoms with Gasteiger partial charge in [0.1, 0.15) is 35.9 Å². The Balaban J connectivity index is 1.39. The van der Waals surface area contributed by atoms with Gasteiger partial charge >= 0.3 is 6.03 Å². The van der Waals surface area contributed by atoms with Gasteiger partial charge in [-0.05, 0) is 50.2 Å². The van der Waals surface area contributed by atoms with E-state index in [4.69, 9.17) is 8.83 Å². The van der Waals surface area contributed by atoms with Crippen molar-refractivity contribution in [2.75, 3.05) is 11.4 Å². The highest BCUT2D eigenvalue weighted by atomic mass is 16.3. The summed E-state index contributed by atoms with van der Waals surface area (Å²) in [6, 6.07) is 12.6. The lowest BCUT2D eigenvalue weighted by molar-refractivity contribution is -0.138. The maximum Gasteiger partial charge on any atom is 0.332 e. The first-order valence-corrected chi connectivity index (χ1v) is 10.6. The molecule has 4 heterocycles. The number of hydrazone groups is 1. The number of benzene rings is 1. The number of furan rings is 2. The lowest BCUT2D eigenvalue weighted by atomic mass is 10.1. The van der Waals surface area contributed by atoms with Crippen molar-refractivity contribution in [3.8, 4) is 0 Å². The first kappa shape index (κ1) is 20.7. The quantitative estimate of drug-likeness (QED) is 0.556. The van der Waals surface area contributed by atoms with Crippen molar-refractivity contribution in [1.82, 2.24) is 9.91 Å². The summed E-state index contributed by atoms with van der Waals surface area (Å²) in [5.41, 5.74) is 2.23. The van der Waals surface area contributed by atoms with Gasteiger partial charge in [0.15, 0.2) is 0 Å². The minimum atomic E-state index is -0.713. The molecular formula is C24H22N4O5. The summed E-state index contributed by atoms with van der Waals surface area (Å²) >= 11 is 0. The molecule has 2 aromatic heterocycles. The lowest BCUT2D eigenvalue weighted by Crippen LogP contribution is -2.42. The van der Waals surface area contributed by atoms with Gasteiger partial charge in [0, 0.05) is 12.1 Å². The molecule has 2 atom stereocenters. The normalized spacial score (nSPS) is 20.7. The topological polar surface area (TPSA) is 99.6 Å². The van der Waals surface area contributed by atoms with E-state index in [1.165, 1.54) is 22.4 Å². The Hall–Kier alpha value is -4.14. The number of carbonyl (C=O) groups is 3. The molecule has 0 radical (unpaired) electrons. The third-order valence-electron chi connectivity index (χ3n) is 5.90. The monoisotopic (exact) mass is 446 g/mol. The molecule has 2 unspecified atom stereocenters. The zero-order valence-corrected chi connectivity index (χ0v) is 18.2. The SMILES string of the molecule is Cc1ccc(N2C(=O)N(CC(=O)N3N=C(c4ccco4)CC3c3ccco3)C(=O)C2C)cc1. The van der Waals surface area contributed by atoms with E-state index in [1.54, 1.807) is 43.3 Å². The molecular weight excluding hydrogens is 424 g/mol. The largest absolute Gasteiger partial charge is 0.467 e. The summed E-state index contributed by atoms with van der Waals surface area (Å²) in [5.74, 6) is 0.187. The standard InChI is InChI=1S/C24H22N4O5/c1-15-7-9-17(10-8-15)27-16(2)23(30)26(24(27)31)14-22(29)28-19(21-6-4-12-33-21)13-18(25-28)20-5-3-11-32-20/h3-12,16,19H,13-14H2,1-2H3. The molecule has 33 heavy (non-hydrogen) atoms. The number of rotatable bonds is 5. The number of imide groups is 1. The van der Waals surface area contributed by atoms with E-state index in [-0.39, 0.29) is 0 Å². The molecule has 2 aliphatic rings. The van der Waals surface area contributed by atoms with E-state index < -0.39 is 36.5 Å². The average molecular weight is 446 g/mol. The predicted molar refractivity (Wildman–Crippen MR) is 118 cm³/mol. The van der Waals surface area contributed by atoms with Gasteiger partial charge in [0.25, 0.3) is 11.8 Å². The van der Waals surface area contributed by atoms with Crippen LogP contribution in [-0.4, -0.2) is 46.1 Å². The van der Waals surface area contributed by atoms with Gasteiger partial charge in [0.2, 0.25) is 0 Å². The molecule has 9 nitrogen and oxygen atoms in total. The van der Waals surface area contributed by atoms with Gasteiger partial charge in [-0.1, -0.05) is 17.7 Å². The Morgan fingerprint density at radius 2 is 1.79 bits per heavy atom. The minimum Gasteiger partial charge on any atom is -0.467 e. The molecule has 1 fully saturated rings. The average Bonchev–Trinajstić information content (AvgIpc) is 3.60. The number of nitrogens with zero attached hydrogens (tertiary/aromatic N) is 4. The highest BCUT2D eigenvalue weighted by molar-refractivity contribution is 6.15. The summed E-state index contributed by atoms with van der Waals surface area (Å²) in [5, 5.41) is 5.72. The fourth-order valence-electron chi connectivity index (χ4n) is 4.15. The number of carbonyl (C=O) groups excluding carboxylic acids is 3. The molecule has 0 N–H and O–H groups in total. The van der Waals surface area contributed by atoms with Crippen LogP contribution in [0.3, 0.4) is 0 Å². The fourth-order valence-corrected chi connectivity index (χ4v) is 4.15. The van der Waals surface area contributed by atoms with Gasteiger partial charge in [-0.25, -0.2) is 9.80 Å². The zero-order valence-electron chi connectivity index (χ0n) is 18.2. The van der Waals surface area contributed by atoms with Crippen LogP contribution >= 0.6 is 0 Å². The van der Waals surface area contributed by atoms with Crippen LogP contribution in [-0.2, 0) is 9.59 Å². The number of aryl methyl sites for hydroxylation is 1. The third kappa shape index (κ3) is 3.61. The summed E-state index contributed by atoms with van der Waals surface area (Å²) in [7, 11) is 0. The van der Waals surface area contributed by atoms with E-state index in [1.807, 2.05) is 19.1 Å². The third-order valence-corrected chi connectivity index (χ3v) is 5.90. The van der Waals surface area contributed by atoms with Crippen LogP contribution in [0, 0.1) is 6.92 Å².